The number of esters is 2. The highest BCUT2D eigenvalue weighted by Gasteiger charge is 2.38. The van der Waals surface area contributed by atoms with E-state index >= 15 is 0 Å². The van der Waals surface area contributed by atoms with Crippen molar-refractivity contribution in [2.24, 2.45) is 0 Å². The molecule has 1 heterocycles. The lowest BCUT2D eigenvalue weighted by molar-refractivity contribution is -0.0309. The van der Waals surface area contributed by atoms with E-state index < -0.39 is 30.1 Å². The topological polar surface area (TPSA) is 99.1 Å². The molecule has 1 aliphatic heterocycles. The number of alkyl halides is 1. The third-order valence-corrected chi connectivity index (χ3v) is 6.25. The second kappa shape index (κ2) is 13.2. The Morgan fingerprint density at radius 2 is 1.22 bits per heavy atom. The van der Waals surface area contributed by atoms with Gasteiger partial charge in [0, 0.05) is 6.42 Å². The Morgan fingerprint density at radius 3 is 1.68 bits per heavy atom. The average Bonchev–Trinajstić information content (AvgIpc) is 3.22. The molecule has 3 atom stereocenters. The number of aryl methyl sites for hydroxylation is 3. The number of benzene rings is 3. The minimum absolute atomic E-state index is 0.0145. The molecule has 0 amide bonds. The number of aromatic carboxylic acids is 1. The Morgan fingerprint density at radius 1 is 0.784 bits per heavy atom. The van der Waals surface area contributed by atoms with Crippen LogP contribution in [0, 0.1) is 20.8 Å². The maximum atomic E-state index is 12.4. The van der Waals surface area contributed by atoms with E-state index in [1.165, 1.54) is 0 Å². The Kier molecular flexibility index (Phi) is 10.00. The Labute approximate surface area is 224 Å². The summed E-state index contributed by atoms with van der Waals surface area (Å²) in [6, 6.07) is 21.1. The molecule has 1 aliphatic rings. The van der Waals surface area contributed by atoms with Crippen LogP contribution in [-0.2, 0) is 14.2 Å². The van der Waals surface area contributed by atoms with E-state index in [-0.39, 0.29) is 11.6 Å². The first-order chi connectivity index (χ1) is 17.6. The molecule has 8 heteroatoms. The van der Waals surface area contributed by atoms with Crippen LogP contribution in [0.4, 0.5) is 0 Å². The number of carboxylic acids is 1. The van der Waals surface area contributed by atoms with E-state index in [9.17, 15) is 14.4 Å². The van der Waals surface area contributed by atoms with E-state index in [0.717, 1.165) is 16.7 Å². The first kappa shape index (κ1) is 28.1. The number of carbonyl (C=O) groups excluding carboxylic acids is 2. The number of ether oxygens (including phenoxy) is 3. The summed E-state index contributed by atoms with van der Waals surface area (Å²) in [6.07, 6.45) is -0.517. The molecule has 1 fully saturated rings. The Balaban J connectivity index is 0.000000319. The van der Waals surface area contributed by atoms with Gasteiger partial charge in [-0.1, -0.05) is 69.0 Å². The zero-order valence-electron chi connectivity index (χ0n) is 20.8. The van der Waals surface area contributed by atoms with Crippen molar-refractivity contribution < 1.29 is 33.7 Å². The van der Waals surface area contributed by atoms with E-state index in [2.05, 4.69) is 15.9 Å². The largest absolute Gasteiger partial charge is 0.478 e. The van der Waals surface area contributed by atoms with Crippen molar-refractivity contribution in [1.82, 2.24) is 0 Å². The minimum atomic E-state index is -0.875. The lowest BCUT2D eigenvalue weighted by Gasteiger charge is -2.19. The molecule has 194 valence electrons. The average molecular weight is 569 g/mol. The molecule has 3 aromatic rings. The molecule has 0 spiro atoms. The molecule has 0 radical (unpaired) electrons. The fourth-order valence-corrected chi connectivity index (χ4v) is 4.11. The van der Waals surface area contributed by atoms with Gasteiger partial charge in [0.25, 0.3) is 0 Å². The molecule has 0 aromatic heterocycles. The molecular weight excluding hydrogens is 540 g/mol. The predicted molar refractivity (Wildman–Crippen MR) is 142 cm³/mol. The molecule has 0 aliphatic carbocycles. The van der Waals surface area contributed by atoms with Crippen molar-refractivity contribution in [1.29, 1.82) is 0 Å². The molecule has 0 saturated carbocycles. The number of halogens is 1. The van der Waals surface area contributed by atoms with Crippen LogP contribution in [0.1, 0.15) is 54.2 Å². The molecule has 7 nitrogen and oxygen atoms in total. The number of hydrogen-bond donors (Lipinski definition) is 1. The standard InChI is InChI=1S/C21H21BrO5.C8H8O2/c1-13-3-7-15(8-4-13)20(23)25-12-18-17(11-19(22)26-18)27-21(24)16-9-5-14(2)6-10-16;1-6-2-4-7(5-3-6)8(9)10/h3-10,17-19H,11-12H2,1-2H3;2-5H,1H3,(H,9,10)/t17?,18-,19?;/m0./s1. The van der Waals surface area contributed by atoms with Crippen molar-refractivity contribution in [2.45, 2.75) is 44.4 Å². The summed E-state index contributed by atoms with van der Waals surface area (Å²) in [5.74, 6) is -1.72. The summed E-state index contributed by atoms with van der Waals surface area (Å²) < 4.78 is 16.6. The van der Waals surface area contributed by atoms with Crippen LogP contribution in [0.25, 0.3) is 0 Å². The summed E-state index contributed by atoms with van der Waals surface area (Å²) >= 11 is 3.38. The SMILES string of the molecule is Cc1ccc(C(=O)O)cc1.Cc1ccc(C(=O)OC[C@@H]2OC(Br)CC2OC(=O)c2ccc(C)cc2)cc1. The highest BCUT2D eigenvalue weighted by atomic mass is 79.9. The van der Waals surface area contributed by atoms with Crippen LogP contribution in [0.15, 0.2) is 72.8 Å². The molecule has 4 rings (SSSR count). The van der Waals surface area contributed by atoms with E-state index in [4.69, 9.17) is 19.3 Å². The van der Waals surface area contributed by atoms with Gasteiger partial charge in [0.2, 0.25) is 0 Å². The van der Waals surface area contributed by atoms with Crippen molar-refractivity contribution in [3.63, 3.8) is 0 Å². The van der Waals surface area contributed by atoms with Gasteiger partial charge in [-0.25, -0.2) is 14.4 Å². The van der Waals surface area contributed by atoms with Crippen LogP contribution >= 0.6 is 15.9 Å². The van der Waals surface area contributed by atoms with E-state index in [1.807, 2.05) is 45.0 Å². The minimum Gasteiger partial charge on any atom is -0.478 e. The van der Waals surface area contributed by atoms with E-state index in [0.29, 0.717) is 23.1 Å². The van der Waals surface area contributed by atoms with Gasteiger partial charge in [0.1, 0.15) is 23.8 Å². The highest BCUT2D eigenvalue weighted by Crippen LogP contribution is 2.28. The molecule has 0 bridgehead atoms. The maximum absolute atomic E-state index is 12.4. The van der Waals surface area contributed by atoms with Crippen molar-refractivity contribution >= 4 is 33.8 Å². The highest BCUT2D eigenvalue weighted by molar-refractivity contribution is 9.09. The van der Waals surface area contributed by atoms with Crippen molar-refractivity contribution in [3.8, 4) is 0 Å². The third kappa shape index (κ3) is 8.55. The quantitative estimate of drug-likeness (QED) is 0.292. The van der Waals surface area contributed by atoms with Gasteiger partial charge in [0.15, 0.2) is 0 Å². The van der Waals surface area contributed by atoms with Gasteiger partial charge in [-0.3, -0.25) is 0 Å². The normalized spacial score (nSPS) is 18.3. The Bertz CT molecular complexity index is 1200. The lowest BCUT2D eigenvalue weighted by Crippen LogP contribution is -2.32. The van der Waals surface area contributed by atoms with Gasteiger partial charge in [-0.15, -0.1) is 0 Å². The number of rotatable bonds is 6. The molecule has 37 heavy (non-hydrogen) atoms. The van der Waals surface area contributed by atoms with Crippen molar-refractivity contribution in [3.05, 3.63) is 106 Å². The monoisotopic (exact) mass is 568 g/mol. The fraction of sp³-hybridized carbons (Fsp3) is 0.276. The second-order valence-corrected chi connectivity index (χ2v) is 9.79. The zero-order valence-corrected chi connectivity index (χ0v) is 22.4. The maximum Gasteiger partial charge on any atom is 0.338 e. The number of carboxylic acid groups (broad SMARTS) is 1. The van der Waals surface area contributed by atoms with Gasteiger partial charge < -0.3 is 19.3 Å². The molecular formula is C29H29BrO7. The van der Waals surface area contributed by atoms with Gasteiger partial charge >= 0.3 is 17.9 Å². The van der Waals surface area contributed by atoms with Crippen LogP contribution in [0.5, 0.6) is 0 Å². The van der Waals surface area contributed by atoms with Crippen LogP contribution in [-0.4, -0.2) is 46.8 Å². The summed E-state index contributed by atoms with van der Waals surface area (Å²) in [5, 5.41) is 8.22. The molecule has 3 aromatic carbocycles. The molecule has 2 unspecified atom stereocenters. The zero-order chi connectivity index (χ0) is 26.9. The molecule has 1 saturated heterocycles. The summed E-state index contributed by atoms with van der Waals surface area (Å²) in [7, 11) is 0. The van der Waals surface area contributed by atoms with Gasteiger partial charge in [0.05, 0.1) is 16.7 Å². The lowest BCUT2D eigenvalue weighted by atomic mass is 10.1. The summed E-state index contributed by atoms with van der Waals surface area (Å²) in [4.78, 5) is 34.8. The number of hydrogen-bond acceptors (Lipinski definition) is 6. The fourth-order valence-electron chi connectivity index (χ4n) is 3.46. The van der Waals surface area contributed by atoms with Crippen molar-refractivity contribution in [2.75, 3.05) is 6.61 Å². The summed E-state index contributed by atoms with van der Waals surface area (Å²) in [6.45, 7) is 5.84. The van der Waals surface area contributed by atoms with Gasteiger partial charge in [-0.05, 0) is 57.2 Å². The summed E-state index contributed by atoms with van der Waals surface area (Å²) in [5.41, 5.74) is 4.50. The van der Waals surface area contributed by atoms with Gasteiger partial charge in [-0.2, -0.15) is 0 Å². The van der Waals surface area contributed by atoms with Crippen LogP contribution < -0.4 is 0 Å². The Hall–Kier alpha value is -3.49. The number of carbonyl (C=O) groups is 3. The van der Waals surface area contributed by atoms with Crippen LogP contribution in [0.3, 0.4) is 0 Å². The van der Waals surface area contributed by atoms with E-state index in [1.54, 1.807) is 48.5 Å². The first-order valence-corrected chi connectivity index (χ1v) is 12.6. The predicted octanol–water partition coefficient (Wildman–Crippen LogP) is 5.89. The molecule has 1 N–H and O–H groups in total. The first-order valence-electron chi connectivity index (χ1n) is 11.7. The van der Waals surface area contributed by atoms with Crippen LogP contribution in [0.2, 0.25) is 0 Å². The third-order valence-electron chi connectivity index (χ3n) is 5.66. The second-order valence-electron chi connectivity index (χ2n) is 8.77. The smallest absolute Gasteiger partial charge is 0.338 e.